The first-order valence-corrected chi connectivity index (χ1v) is 8.72. The second kappa shape index (κ2) is 9.81. The Morgan fingerprint density at radius 2 is 1.81 bits per heavy atom. The van der Waals surface area contributed by atoms with E-state index in [-0.39, 0.29) is 6.61 Å². The lowest BCUT2D eigenvalue weighted by atomic mass is 10.1. The van der Waals surface area contributed by atoms with Crippen molar-refractivity contribution in [3.8, 4) is 11.5 Å². The van der Waals surface area contributed by atoms with Crippen molar-refractivity contribution >= 4 is 46.2 Å². The van der Waals surface area contributed by atoms with Crippen LogP contribution in [0, 0.1) is 3.57 Å². The van der Waals surface area contributed by atoms with Gasteiger partial charge in [0.2, 0.25) is 0 Å². The molecule has 0 bridgehead atoms. The van der Waals surface area contributed by atoms with Crippen molar-refractivity contribution in [3.05, 3.63) is 57.7 Å². The number of benzene rings is 2. The third-order valence-corrected chi connectivity index (χ3v) is 4.03. The highest BCUT2D eigenvalue weighted by molar-refractivity contribution is 14.1. The average molecular weight is 467 g/mol. The van der Waals surface area contributed by atoms with E-state index < -0.39 is 11.9 Å². The number of ether oxygens (including phenoxy) is 3. The normalized spacial score (nSPS) is 10.4. The number of hydrogen-bond acceptors (Lipinski definition) is 5. The Labute approximate surface area is 165 Å². The molecule has 0 heterocycles. The van der Waals surface area contributed by atoms with Gasteiger partial charge in [-0.05, 0) is 71.1 Å². The van der Waals surface area contributed by atoms with Crippen LogP contribution in [0.4, 0.5) is 5.69 Å². The zero-order valence-corrected chi connectivity index (χ0v) is 16.5. The maximum absolute atomic E-state index is 11.8. The minimum Gasteiger partial charge on any atom is -0.497 e. The molecule has 0 aliphatic rings. The summed E-state index contributed by atoms with van der Waals surface area (Å²) in [5, 5.41) is 2.65. The summed E-state index contributed by atoms with van der Waals surface area (Å²) in [6, 6.07) is 12.5. The molecule has 7 heteroatoms. The number of methoxy groups -OCH3 is 2. The molecule has 0 saturated heterocycles. The minimum absolute atomic E-state index is 0.371. The molecule has 0 fully saturated rings. The molecular formula is C19H18INO5. The third kappa shape index (κ3) is 6.07. The van der Waals surface area contributed by atoms with Crippen molar-refractivity contribution < 1.29 is 23.8 Å². The molecule has 0 saturated carbocycles. The molecule has 1 amide bonds. The molecule has 0 aliphatic carbocycles. The van der Waals surface area contributed by atoms with E-state index in [1.165, 1.54) is 13.2 Å². The van der Waals surface area contributed by atoms with Crippen molar-refractivity contribution in [2.75, 3.05) is 26.1 Å². The highest BCUT2D eigenvalue weighted by Crippen LogP contribution is 2.25. The van der Waals surface area contributed by atoms with Crippen LogP contribution in [-0.4, -0.2) is 32.7 Å². The second-order valence-electron chi connectivity index (χ2n) is 5.10. The fourth-order valence-electron chi connectivity index (χ4n) is 2.04. The first-order valence-electron chi connectivity index (χ1n) is 7.64. The molecule has 2 aromatic carbocycles. The van der Waals surface area contributed by atoms with Crippen molar-refractivity contribution in [3.63, 3.8) is 0 Å². The molecule has 6 nitrogen and oxygen atoms in total. The summed E-state index contributed by atoms with van der Waals surface area (Å²) < 4.78 is 16.4. The van der Waals surface area contributed by atoms with Crippen molar-refractivity contribution in [1.82, 2.24) is 0 Å². The van der Waals surface area contributed by atoms with Gasteiger partial charge in [-0.1, -0.05) is 0 Å². The van der Waals surface area contributed by atoms with Crippen LogP contribution in [0.1, 0.15) is 5.56 Å². The summed E-state index contributed by atoms with van der Waals surface area (Å²) >= 11 is 2.17. The number of anilines is 1. The molecular weight excluding hydrogens is 449 g/mol. The van der Waals surface area contributed by atoms with Gasteiger partial charge >= 0.3 is 5.97 Å². The summed E-state index contributed by atoms with van der Waals surface area (Å²) in [5.41, 5.74) is 1.30. The van der Waals surface area contributed by atoms with Crippen LogP contribution < -0.4 is 14.8 Å². The summed E-state index contributed by atoms with van der Waals surface area (Å²) in [5.74, 6) is 0.182. The van der Waals surface area contributed by atoms with Gasteiger partial charge in [0.25, 0.3) is 5.91 Å². The van der Waals surface area contributed by atoms with Crippen LogP contribution in [0.3, 0.4) is 0 Å². The molecule has 2 rings (SSSR count). The Morgan fingerprint density at radius 3 is 2.46 bits per heavy atom. The maximum Gasteiger partial charge on any atom is 0.331 e. The number of carbonyl (C=O) groups is 2. The number of nitrogens with one attached hydrogen (secondary N) is 1. The van der Waals surface area contributed by atoms with Crippen molar-refractivity contribution in [2.45, 2.75) is 0 Å². The van der Waals surface area contributed by atoms with E-state index in [0.717, 1.165) is 3.57 Å². The van der Waals surface area contributed by atoms with E-state index in [9.17, 15) is 9.59 Å². The summed E-state index contributed by atoms with van der Waals surface area (Å²) in [4.78, 5) is 23.6. The summed E-state index contributed by atoms with van der Waals surface area (Å²) in [7, 11) is 3.09. The maximum atomic E-state index is 11.8. The standard InChI is InChI=1S/C19H18INO5/c1-24-16-8-9-17(25-2)13(11-16)3-10-19(23)26-12-18(22)21-15-6-4-14(20)5-7-15/h3-11H,12H2,1-2H3,(H,21,22)/b10-3+. The largest absolute Gasteiger partial charge is 0.497 e. The third-order valence-electron chi connectivity index (χ3n) is 3.31. The van der Waals surface area contributed by atoms with Gasteiger partial charge in [0.1, 0.15) is 11.5 Å². The Kier molecular flexibility index (Phi) is 7.46. The number of esters is 1. The molecule has 2 aromatic rings. The van der Waals surface area contributed by atoms with Gasteiger partial charge in [0.15, 0.2) is 6.61 Å². The van der Waals surface area contributed by atoms with Gasteiger partial charge < -0.3 is 19.5 Å². The summed E-state index contributed by atoms with van der Waals surface area (Å²) in [6.07, 6.45) is 2.77. The highest BCUT2D eigenvalue weighted by Gasteiger charge is 2.07. The van der Waals surface area contributed by atoms with Crippen LogP contribution in [0.2, 0.25) is 0 Å². The number of carbonyl (C=O) groups excluding carboxylic acids is 2. The SMILES string of the molecule is COc1ccc(OC)c(/C=C/C(=O)OCC(=O)Nc2ccc(I)cc2)c1. The van der Waals surface area contributed by atoms with Crippen LogP contribution in [-0.2, 0) is 14.3 Å². The molecule has 1 N–H and O–H groups in total. The lowest BCUT2D eigenvalue weighted by Gasteiger charge is -2.07. The van der Waals surface area contributed by atoms with E-state index in [1.54, 1.807) is 43.5 Å². The first kappa shape index (κ1) is 19.8. The minimum atomic E-state index is -0.632. The predicted molar refractivity (Wildman–Crippen MR) is 107 cm³/mol. The topological polar surface area (TPSA) is 73.9 Å². The van der Waals surface area contributed by atoms with Crippen molar-refractivity contribution in [1.29, 1.82) is 0 Å². The first-order chi connectivity index (χ1) is 12.5. The van der Waals surface area contributed by atoms with Gasteiger partial charge in [-0.25, -0.2) is 4.79 Å². The zero-order chi connectivity index (χ0) is 18.9. The quantitative estimate of drug-likeness (QED) is 0.384. The van der Waals surface area contributed by atoms with E-state index in [4.69, 9.17) is 14.2 Å². The lowest BCUT2D eigenvalue weighted by Crippen LogP contribution is -2.20. The van der Waals surface area contributed by atoms with Gasteiger partial charge in [0.05, 0.1) is 14.2 Å². The van der Waals surface area contributed by atoms with Gasteiger partial charge in [-0.2, -0.15) is 0 Å². The molecule has 0 aromatic heterocycles. The second-order valence-corrected chi connectivity index (χ2v) is 6.35. The zero-order valence-electron chi connectivity index (χ0n) is 14.3. The van der Waals surface area contributed by atoms with Crippen LogP contribution in [0.5, 0.6) is 11.5 Å². The predicted octanol–water partition coefficient (Wildman–Crippen LogP) is 3.50. The lowest BCUT2D eigenvalue weighted by molar-refractivity contribution is -0.142. The Morgan fingerprint density at radius 1 is 1.08 bits per heavy atom. The monoisotopic (exact) mass is 467 g/mol. The molecule has 136 valence electrons. The molecule has 0 unspecified atom stereocenters. The molecule has 0 aliphatic heterocycles. The number of amides is 1. The highest BCUT2D eigenvalue weighted by atomic mass is 127. The van der Waals surface area contributed by atoms with Crippen molar-refractivity contribution in [2.24, 2.45) is 0 Å². The van der Waals surface area contributed by atoms with Crippen LogP contribution >= 0.6 is 22.6 Å². The fraction of sp³-hybridized carbons (Fsp3) is 0.158. The molecule has 0 atom stereocenters. The Hall–Kier alpha value is -2.55. The number of rotatable bonds is 7. The van der Waals surface area contributed by atoms with E-state index in [2.05, 4.69) is 27.9 Å². The molecule has 26 heavy (non-hydrogen) atoms. The van der Waals surface area contributed by atoms with Gasteiger partial charge in [-0.15, -0.1) is 0 Å². The summed E-state index contributed by atoms with van der Waals surface area (Å²) in [6.45, 7) is -0.371. The van der Waals surface area contributed by atoms with Gasteiger partial charge in [-0.3, -0.25) is 4.79 Å². The fourth-order valence-corrected chi connectivity index (χ4v) is 2.40. The smallest absolute Gasteiger partial charge is 0.331 e. The van der Waals surface area contributed by atoms with Crippen LogP contribution in [0.25, 0.3) is 6.08 Å². The number of hydrogen-bond donors (Lipinski definition) is 1. The number of halogens is 1. The molecule has 0 spiro atoms. The Balaban J connectivity index is 1.89. The van der Waals surface area contributed by atoms with E-state index >= 15 is 0 Å². The van der Waals surface area contributed by atoms with E-state index in [1.807, 2.05) is 12.1 Å². The molecule has 0 radical (unpaired) electrons. The van der Waals surface area contributed by atoms with E-state index in [0.29, 0.717) is 22.7 Å². The average Bonchev–Trinajstić information content (AvgIpc) is 2.66. The van der Waals surface area contributed by atoms with Crippen LogP contribution in [0.15, 0.2) is 48.5 Å². The Bertz CT molecular complexity index is 802. The van der Waals surface area contributed by atoms with Gasteiger partial charge in [0, 0.05) is 20.9 Å².